The predicted octanol–water partition coefficient (Wildman–Crippen LogP) is 3.12. The van der Waals surface area contributed by atoms with E-state index in [2.05, 4.69) is 36.2 Å². The molecule has 3 rings (SSSR count). The number of hydrogen-bond donors (Lipinski definition) is 2. The van der Waals surface area contributed by atoms with Crippen LogP contribution in [0.2, 0.25) is 0 Å². The van der Waals surface area contributed by atoms with Gasteiger partial charge in [-0.2, -0.15) is 0 Å². The van der Waals surface area contributed by atoms with Crippen molar-refractivity contribution in [2.45, 2.75) is 16.6 Å². The fourth-order valence-electron chi connectivity index (χ4n) is 2.79. The summed E-state index contributed by atoms with van der Waals surface area (Å²) in [6.07, 6.45) is 1.10. The second-order valence-electron chi connectivity index (χ2n) is 5.36. The van der Waals surface area contributed by atoms with E-state index < -0.39 is 0 Å². The van der Waals surface area contributed by atoms with E-state index in [4.69, 9.17) is 11.1 Å². The van der Waals surface area contributed by atoms with Crippen molar-refractivity contribution in [2.75, 3.05) is 18.5 Å². The maximum Gasteiger partial charge on any atom is 0.124 e. The summed E-state index contributed by atoms with van der Waals surface area (Å²) in [6, 6.07) is 16.5. The summed E-state index contributed by atoms with van der Waals surface area (Å²) < 4.78 is 0. The van der Waals surface area contributed by atoms with Crippen LogP contribution < -0.4 is 10.6 Å². The third-order valence-corrected chi connectivity index (χ3v) is 5.10. The number of benzene rings is 2. The van der Waals surface area contributed by atoms with Crippen molar-refractivity contribution in [1.29, 1.82) is 5.41 Å². The molecule has 0 bridgehead atoms. The molecule has 0 amide bonds. The van der Waals surface area contributed by atoms with Gasteiger partial charge in [0.05, 0.1) is 0 Å². The number of fused-ring (bicyclic) bond motifs is 1. The molecule has 1 atom stereocenters. The van der Waals surface area contributed by atoms with Gasteiger partial charge >= 0.3 is 0 Å². The normalized spacial score (nSPS) is 16.5. The summed E-state index contributed by atoms with van der Waals surface area (Å²) in [7, 11) is 2.07. The van der Waals surface area contributed by atoms with Gasteiger partial charge in [0.25, 0.3) is 0 Å². The molecule has 3 N–H and O–H groups in total. The zero-order valence-electron chi connectivity index (χ0n) is 12.0. The minimum absolute atomic E-state index is 0.125. The first kappa shape index (κ1) is 14.0. The Morgan fingerprint density at radius 2 is 1.95 bits per heavy atom. The lowest BCUT2D eigenvalue weighted by molar-refractivity contribution is 0.813. The van der Waals surface area contributed by atoms with Crippen LogP contribution in [0.1, 0.15) is 11.1 Å². The molecule has 0 aliphatic carbocycles. The number of nitrogens with one attached hydrogen (secondary N) is 1. The number of rotatable bonds is 4. The van der Waals surface area contributed by atoms with Crippen molar-refractivity contribution >= 4 is 23.3 Å². The van der Waals surface area contributed by atoms with Crippen LogP contribution in [0, 0.1) is 5.41 Å². The Balaban J connectivity index is 1.74. The maximum absolute atomic E-state index is 7.71. The number of anilines is 1. The average molecular weight is 297 g/mol. The van der Waals surface area contributed by atoms with Gasteiger partial charge in [0.1, 0.15) is 5.84 Å². The fourth-order valence-corrected chi connectivity index (χ4v) is 4.17. The average Bonchev–Trinajstić information content (AvgIpc) is 2.89. The van der Waals surface area contributed by atoms with Gasteiger partial charge in [-0.25, -0.2) is 0 Å². The number of para-hydroxylation sites is 1. The van der Waals surface area contributed by atoms with E-state index >= 15 is 0 Å². The first-order valence-electron chi connectivity index (χ1n) is 7.04. The summed E-state index contributed by atoms with van der Waals surface area (Å²) in [5, 5.41) is 8.25. The van der Waals surface area contributed by atoms with Gasteiger partial charge in [-0.05, 0) is 30.2 Å². The molecule has 3 nitrogen and oxygen atoms in total. The van der Waals surface area contributed by atoms with Crippen molar-refractivity contribution in [3.63, 3.8) is 0 Å². The number of nitrogens with two attached hydrogens (primary N) is 1. The lowest BCUT2D eigenvalue weighted by atomic mass is 10.1. The van der Waals surface area contributed by atoms with Gasteiger partial charge in [-0.3, -0.25) is 5.41 Å². The smallest absolute Gasteiger partial charge is 0.124 e. The van der Waals surface area contributed by atoms with Crippen LogP contribution in [0.15, 0.2) is 53.4 Å². The number of nitrogens with zero attached hydrogens (tertiary/aromatic N) is 1. The fraction of sp³-hybridized carbons (Fsp3) is 0.235. The summed E-state index contributed by atoms with van der Waals surface area (Å²) in [5.41, 5.74) is 8.96. The minimum atomic E-state index is 0.125. The third kappa shape index (κ3) is 2.90. The van der Waals surface area contributed by atoms with Gasteiger partial charge in [0, 0.05) is 35.0 Å². The van der Waals surface area contributed by atoms with E-state index in [1.165, 1.54) is 10.5 Å². The van der Waals surface area contributed by atoms with Crippen LogP contribution in [-0.2, 0) is 6.42 Å². The first-order valence-corrected chi connectivity index (χ1v) is 7.92. The molecule has 0 saturated heterocycles. The van der Waals surface area contributed by atoms with Gasteiger partial charge in [-0.1, -0.05) is 30.3 Å². The summed E-state index contributed by atoms with van der Waals surface area (Å²) in [5.74, 6) is 0.125. The molecule has 21 heavy (non-hydrogen) atoms. The lowest BCUT2D eigenvalue weighted by Crippen LogP contribution is -2.29. The number of hydrogen-bond acceptors (Lipinski definition) is 3. The molecule has 108 valence electrons. The van der Waals surface area contributed by atoms with Crippen LogP contribution in [0.5, 0.6) is 0 Å². The number of thioether (sulfide) groups is 1. The molecule has 0 saturated carbocycles. The van der Waals surface area contributed by atoms with E-state index in [0.29, 0.717) is 5.25 Å². The molecule has 1 heterocycles. The van der Waals surface area contributed by atoms with E-state index in [-0.39, 0.29) is 5.84 Å². The molecular formula is C17H19N3S. The lowest BCUT2D eigenvalue weighted by Gasteiger charge is -2.24. The Morgan fingerprint density at radius 3 is 2.71 bits per heavy atom. The highest BCUT2D eigenvalue weighted by molar-refractivity contribution is 8.00. The highest BCUT2D eigenvalue weighted by atomic mass is 32.2. The molecule has 0 spiro atoms. The Bertz CT molecular complexity index is 644. The molecule has 1 aliphatic rings. The Labute approximate surface area is 129 Å². The molecule has 2 aromatic rings. The Hall–Kier alpha value is -1.94. The Kier molecular flexibility index (Phi) is 3.88. The maximum atomic E-state index is 7.71. The number of amidine groups is 1. The SMILES string of the molecule is CN(CC1Cc2ccccc2S1)c1ccccc1C(=N)N. The second-order valence-corrected chi connectivity index (χ2v) is 6.71. The molecule has 0 fully saturated rings. The van der Waals surface area contributed by atoms with Crippen LogP contribution in [0.4, 0.5) is 5.69 Å². The first-order chi connectivity index (χ1) is 10.1. The molecule has 1 aliphatic heterocycles. The van der Waals surface area contributed by atoms with Crippen molar-refractivity contribution < 1.29 is 0 Å². The van der Waals surface area contributed by atoms with E-state index in [1.54, 1.807) is 0 Å². The van der Waals surface area contributed by atoms with Crippen molar-refractivity contribution in [1.82, 2.24) is 0 Å². The van der Waals surface area contributed by atoms with Crippen LogP contribution in [0.25, 0.3) is 0 Å². The summed E-state index contributed by atoms with van der Waals surface area (Å²) >= 11 is 1.95. The van der Waals surface area contributed by atoms with Gasteiger partial charge in [0.15, 0.2) is 0 Å². The topological polar surface area (TPSA) is 53.1 Å². The van der Waals surface area contributed by atoms with E-state index in [9.17, 15) is 0 Å². The van der Waals surface area contributed by atoms with E-state index in [0.717, 1.165) is 24.2 Å². The molecule has 2 aromatic carbocycles. The summed E-state index contributed by atoms with van der Waals surface area (Å²) in [6.45, 7) is 0.948. The molecule has 0 aromatic heterocycles. The predicted molar refractivity (Wildman–Crippen MR) is 90.5 cm³/mol. The quantitative estimate of drug-likeness (QED) is 0.673. The van der Waals surface area contributed by atoms with Gasteiger partial charge in [-0.15, -0.1) is 11.8 Å². The minimum Gasteiger partial charge on any atom is -0.384 e. The number of nitrogen functional groups attached to an aromatic ring is 1. The highest BCUT2D eigenvalue weighted by Gasteiger charge is 2.23. The van der Waals surface area contributed by atoms with Crippen LogP contribution in [-0.4, -0.2) is 24.7 Å². The molecule has 4 heteroatoms. The van der Waals surface area contributed by atoms with Crippen LogP contribution in [0.3, 0.4) is 0 Å². The van der Waals surface area contributed by atoms with E-state index in [1.807, 2.05) is 36.0 Å². The highest BCUT2D eigenvalue weighted by Crippen LogP contribution is 2.37. The van der Waals surface area contributed by atoms with Crippen LogP contribution >= 0.6 is 11.8 Å². The second kappa shape index (κ2) is 5.82. The van der Waals surface area contributed by atoms with Crippen molar-refractivity contribution in [3.8, 4) is 0 Å². The largest absolute Gasteiger partial charge is 0.384 e. The van der Waals surface area contributed by atoms with Gasteiger partial charge in [0.2, 0.25) is 0 Å². The Morgan fingerprint density at radius 1 is 1.24 bits per heavy atom. The zero-order valence-corrected chi connectivity index (χ0v) is 12.9. The van der Waals surface area contributed by atoms with Crippen molar-refractivity contribution in [2.24, 2.45) is 5.73 Å². The molecule has 0 radical (unpaired) electrons. The van der Waals surface area contributed by atoms with Gasteiger partial charge < -0.3 is 10.6 Å². The monoisotopic (exact) mass is 297 g/mol. The van der Waals surface area contributed by atoms with Crippen molar-refractivity contribution in [3.05, 3.63) is 59.7 Å². The molecular weight excluding hydrogens is 278 g/mol. The summed E-state index contributed by atoms with van der Waals surface area (Å²) in [4.78, 5) is 3.61. The third-order valence-electron chi connectivity index (χ3n) is 3.80. The molecule has 1 unspecified atom stereocenters. The standard InChI is InChI=1S/C17H19N3S/c1-20(15-8-4-3-7-14(15)17(18)19)11-13-10-12-6-2-5-9-16(12)21-13/h2-9,13H,10-11H2,1H3,(H3,18,19). The zero-order chi connectivity index (χ0) is 14.8.